The molecule has 0 aromatic rings. The van der Waals surface area contributed by atoms with Gasteiger partial charge in [0.15, 0.2) is 0 Å². The number of nitrogens with two attached hydrogens (primary N) is 1. The molecule has 0 fully saturated rings. The van der Waals surface area contributed by atoms with Gasteiger partial charge in [-0.25, -0.2) is 0 Å². The minimum atomic E-state index is -0.570. The van der Waals surface area contributed by atoms with Crippen molar-refractivity contribution < 1.29 is 9.53 Å². The van der Waals surface area contributed by atoms with Crippen LogP contribution in [0.2, 0.25) is 0 Å². The SMILES string of the molecule is CCCNC(C)(CCCCN(C)CCOCC)C(N)=O. The van der Waals surface area contributed by atoms with E-state index < -0.39 is 5.54 Å². The fraction of sp³-hybridized carbons (Fsp3) is 0.933. The number of nitrogens with one attached hydrogen (secondary N) is 1. The summed E-state index contributed by atoms with van der Waals surface area (Å²) in [5.41, 5.74) is 4.94. The topological polar surface area (TPSA) is 67.6 Å². The molecule has 0 saturated heterocycles. The second-order valence-corrected chi connectivity index (χ2v) is 5.58. The summed E-state index contributed by atoms with van der Waals surface area (Å²) >= 11 is 0. The van der Waals surface area contributed by atoms with Crippen LogP contribution in [0.4, 0.5) is 0 Å². The van der Waals surface area contributed by atoms with Gasteiger partial charge in [0.25, 0.3) is 0 Å². The van der Waals surface area contributed by atoms with Crippen LogP contribution in [0, 0.1) is 0 Å². The van der Waals surface area contributed by atoms with Crippen LogP contribution >= 0.6 is 0 Å². The maximum absolute atomic E-state index is 11.6. The smallest absolute Gasteiger partial charge is 0.237 e. The van der Waals surface area contributed by atoms with E-state index in [1.807, 2.05) is 13.8 Å². The fourth-order valence-corrected chi connectivity index (χ4v) is 2.04. The molecule has 1 atom stereocenters. The first-order valence-corrected chi connectivity index (χ1v) is 7.77. The van der Waals surface area contributed by atoms with Crippen molar-refractivity contribution in [1.29, 1.82) is 0 Å². The molecule has 0 aromatic heterocycles. The molecule has 0 bridgehead atoms. The largest absolute Gasteiger partial charge is 0.380 e. The van der Waals surface area contributed by atoms with Gasteiger partial charge in [-0.2, -0.15) is 0 Å². The Morgan fingerprint density at radius 1 is 1.30 bits per heavy atom. The zero-order valence-electron chi connectivity index (χ0n) is 13.7. The number of likely N-dealkylation sites (N-methyl/N-ethyl adjacent to an activating group) is 1. The fourth-order valence-electron chi connectivity index (χ4n) is 2.04. The highest BCUT2D eigenvalue weighted by Gasteiger charge is 2.29. The minimum Gasteiger partial charge on any atom is -0.380 e. The summed E-state index contributed by atoms with van der Waals surface area (Å²) in [5, 5.41) is 3.27. The Bertz CT molecular complexity index is 262. The first-order valence-electron chi connectivity index (χ1n) is 7.77. The van der Waals surface area contributed by atoms with Gasteiger partial charge in [0.05, 0.1) is 12.1 Å². The highest BCUT2D eigenvalue weighted by atomic mass is 16.5. The number of carbonyl (C=O) groups is 1. The van der Waals surface area contributed by atoms with E-state index in [-0.39, 0.29) is 5.91 Å². The number of hydrogen-bond donors (Lipinski definition) is 2. The van der Waals surface area contributed by atoms with Crippen molar-refractivity contribution in [2.45, 2.75) is 52.0 Å². The second kappa shape index (κ2) is 11.1. The monoisotopic (exact) mass is 287 g/mol. The van der Waals surface area contributed by atoms with Crippen LogP contribution in [-0.2, 0) is 9.53 Å². The lowest BCUT2D eigenvalue weighted by Crippen LogP contribution is -2.53. The summed E-state index contributed by atoms with van der Waals surface area (Å²) in [5.74, 6) is -0.254. The zero-order chi connectivity index (χ0) is 15.4. The third kappa shape index (κ3) is 8.51. The van der Waals surface area contributed by atoms with Gasteiger partial charge in [0, 0.05) is 13.2 Å². The Kier molecular flexibility index (Phi) is 10.7. The lowest BCUT2D eigenvalue weighted by Gasteiger charge is -2.27. The molecule has 0 spiro atoms. The maximum Gasteiger partial charge on any atom is 0.237 e. The number of hydrogen-bond acceptors (Lipinski definition) is 4. The third-order valence-corrected chi connectivity index (χ3v) is 3.60. The Morgan fingerprint density at radius 2 is 2.00 bits per heavy atom. The predicted molar refractivity (Wildman–Crippen MR) is 83.7 cm³/mol. The molecular weight excluding hydrogens is 254 g/mol. The summed E-state index contributed by atoms with van der Waals surface area (Å²) < 4.78 is 5.33. The first kappa shape index (κ1) is 19.4. The molecule has 3 N–H and O–H groups in total. The van der Waals surface area contributed by atoms with Gasteiger partial charge in [-0.05, 0) is 59.7 Å². The lowest BCUT2D eigenvalue weighted by atomic mass is 9.93. The number of amides is 1. The van der Waals surface area contributed by atoms with Crippen LogP contribution in [0.1, 0.15) is 46.5 Å². The molecule has 0 aromatic carbocycles. The van der Waals surface area contributed by atoms with Gasteiger partial charge in [0.2, 0.25) is 5.91 Å². The molecular formula is C15H33N3O2. The molecule has 0 saturated carbocycles. The number of ether oxygens (including phenoxy) is 1. The van der Waals surface area contributed by atoms with E-state index in [2.05, 4.69) is 24.2 Å². The first-order chi connectivity index (χ1) is 9.46. The van der Waals surface area contributed by atoms with Gasteiger partial charge in [-0.15, -0.1) is 0 Å². The molecule has 0 aliphatic rings. The quantitative estimate of drug-likeness (QED) is 0.502. The van der Waals surface area contributed by atoms with Gasteiger partial charge < -0.3 is 20.7 Å². The number of unbranched alkanes of at least 4 members (excludes halogenated alkanes) is 1. The third-order valence-electron chi connectivity index (χ3n) is 3.60. The number of nitrogens with zero attached hydrogens (tertiary/aromatic N) is 1. The molecule has 5 nitrogen and oxygen atoms in total. The van der Waals surface area contributed by atoms with Crippen LogP contribution in [0.3, 0.4) is 0 Å². The molecule has 0 aliphatic carbocycles. The molecule has 20 heavy (non-hydrogen) atoms. The highest BCUT2D eigenvalue weighted by molar-refractivity contribution is 5.84. The van der Waals surface area contributed by atoms with Crippen LogP contribution in [0.15, 0.2) is 0 Å². The van der Waals surface area contributed by atoms with Crippen molar-refractivity contribution >= 4 is 5.91 Å². The summed E-state index contributed by atoms with van der Waals surface area (Å²) in [6.45, 7) is 10.4. The number of rotatable bonds is 13. The predicted octanol–water partition coefficient (Wildman–Crippen LogP) is 1.37. The summed E-state index contributed by atoms with van der Waals surface area (Å²) in [6, 6.07) is 0. The molecule has 0 aliphatic heterocycles. The summed E-state index contributed by atoms with van der Waals surface area (Å²) in [6.07, 6.45) is 3.86. The van der Waals surface area contributed by atoms with E-state index in [0.29, 0.717) is 0 Å². The van der Waals surface area contributed by atoms with Crippen LogP contribution < -0.4 is 11.1 Å². The van der Waals surface area contributed by atoms with Crippen LogP contribution in [0.25, 0.3) is 0 Å². The van der Waals surface area contributed by atoms with Gasteiger partial charge in [0.1, 0.15) is 0 Å². The van der Waals surface area contributed by atoms with E-state index in [1.165, 1.54) is 0 Å². The number of primary amides is 1. The van der Waals surface area contributed by atoms with E-state index in [9.17, 15) is 4.79 Å². The maximum atomic E-state index is 11.6. The van der Waals surface area contributed by atoms with Gasteiger partial charge >= 0.3 is 0 Å². The molecule has 1 amide bonds. The van der Waals surface area contributed by atoms with E-state index in [4.69, 9.17) is 10.5 Å². The molecule has 0 radical (unpaired) electrons. The lowest BCUT2D eigenvalue weighted by molar-refractivity contribution is -0.124. The molecule has 1 unspecified atom stereocenters. The normalized spacial score (nSPS) is 14.4. The molecule has 0 heterocycles. The van der Waals surface area contributed by atoms with E-state index >= 15 is 0 Å². The van der Waals surface area contributed by atoms with Crippen molar-refractivity contribution in [2.75, 3.05) is 39.9 Å². The Labute approximate surface area is 124 Å². The Morgan fingerprint density at radius 3 is 2.55 bits per heavy atom. The van der Waals surface area contributed by atoms with Crippen LogP contribution in [-0.4, -0.2) is 56.2 Å². The Hall–Kier alpha value is -0.650. The minimum absolute atomic E-state index is 0.254. The van der Waals surface area contributed by atoms with Gasteiger partial charge in [-0.3, -0.25) is 4.79 Å². The van der Waals surface area contributed by atoms with E-state index in [1.54, 1.807) is 0 Å². The molecule has 5 heteroatoms. The van der Waals surface area contributed by atoms with Crippen LogP contribution in [0.5, 0.6) is 0 Å². The van der Waals surface area contributed by atoms with E-state index in [0.717, 1.165) is 58.5 Å². The Balaban J connectivity index is 3.86. The van der Waals surface area contributed by atoms with Crippen molar-refractivity contribution in [3.05, 3.63) is 0 Å². The van der Waals surface area contributed by atoms with Crippen molar-refractivity contribution in [2.24, 2.45) is 5.73 Å². The van der Waals surface area contributed by atoms with Crippen molar-refractivity contribution in [3.8, 4) is 0 Å². The number of carbonyl (C=O) groups excluding carboxylic acids is 1. The van der Waals surface area contributed by atoms with Gasteiger partial charge in [-0.1, -0.05) is 6.92 Å². The molecule has 120 valence electrons. The average molecular weight is 287 g/mol. The standard InChI is InChI=1S/C15H33N3O2/c1-5-10-17-15(3,14(16)19)9-7-8-11-18(4)12-13-20-6-2/h17H,5-13H2,1-4H3,(H2,16,19). The molecule has 0 rings (SSSR count). The van der Waals surface area contributed by atoms with Crippen molar-refractivity contribution in [3.63, 3.8) is 0 Å². The summed E-state index contributed by atoms with van der Waals surface area (Å²) in [4.78, 5) is 13.8. The highest BCUT2D eigenvalue weighted by Crippen LogP contribution is 2.13. The zero-order valence-corrected chi connectivity index (χ0v) is 13.7. The van der Waals surface area contributed by atoms with Crippen molar-refractivity contribution in [1.82, 2.24) is 10.2 Å². The summed E-state index contributed by atoms with van der Waals surface area (Å²) in [7, 11) is 2.10. The second-order valence-electron chi connectivity index (χ2n) is 5.58. The average Bonchev–Trinajstić information content (AvgIpc) is 2.41.